The summed E-state index contributed by atoms with van der Waals surface area (Å²) in [4.78, 5) is 30.0. The Hall–Kier alpha value is -3.82. The van der Waals surface area contributed by atoms with Gasteiger partial charge in [-0.3, -0.25) is 14.7 Å². The Bertz CT molecular complexity index is 1390. The highest BCUT2D eigenvalue weighted by molar-refractivity contribution is 6.03. The van der Waals surface area contributed by atoms with Gasteiger partial charge in [0, 0.05) is 57.2 Å². The lowest BCUT2D eigenvalue weighted by Crippen LogP contribution is -2.69. The molecule has 0 aromatic heterocycles. The number of carbonyl (C=O) groups is 1. The predicted octanol–water partition coefficient (Wildman–Crippen LogP) is 6.65. The van der Waals surface area contributed by atoms with Crippen LogP contribution in [0.15, 0.2) is 87.0 Å². The third kappa shape index (κ3) is 7.76. The van der Waals surface area contributed by atoms with Crippen LogP contribution in [0.3, 0.4) is 0 Å². The maximum atomic E-state index is 15.3. The first-order chi connectivity index (χ1) is 22.0. The fraction of sp³-hybridized carbons (Fsp3) is 0.556. The van der Waals surface area contributed by atoms with Crippen LogP contribution in [0, 0.1) is 17.8 Å². The van der Waals surface area contributed by atoms with Gasteiger partial charge in [0.15, 0.2) is 0 Å². The van der Waals surface area contributed by atoms with Gasteiger partial charge in [-0.1, -0.05) is 70.2 Å². The Morgan fingerprint density at radius 2 is 2.04 bits per heavy atom. The third-order valence-corrected chi connectivity index (χ3v) is 9.37. The van der Waals surface area contributed by atoms with Crippen LogP contribution in [-0.2, 0) is 4.79 Å². The number of nitrogens with zero attached hydrogens (tertiary/aromatic N) is 7. The normalized spacial score (nSPS) is 25.9. The summed E-state index contributed by atoms with van der Waals surface area (Å²) in [6.45, 7) is 20.2. The van der Waals surface area contributed by atoms with Crippen LogP contribution < -0.4 is 0 Å². The molecule has 0 spiro atoms. The first-order valence-corrected chi connectivity index (χ1v) is 16.6. The quantitative estimate of drug-likeness (QED) is 0.122. The van der Waals surface area contributed by atoms with Gasteiger partial charge in [0.1, 0.15) is 17.8 Å². The van der Waals surface area contributed by atoms with E-state index in [-0.39, 0.29) is 30.0 Å². The summed E-state index contributed by atoms with van der Waals surface area (Å²) in [6, 6.07) is 0.0454. The molecule has 1 fully saturated rings. The van der Waals surface area contributed by atoms with E-state index < -0.39 is 23.7 Å². The van der Waals surface area contributed by atoms with Gasteiger partial charge in [-0.05, 0) is 38.2 Å². The van der Waals surface area contributed by atoms with E-state index in [9.17, 15) is 9.18 Å². The molecule has 8 nitrogen and oxygen atoms in total. The van der Waals surface area contributed by atoms with Gasteiger partial charge < -0.3 is 14.8 Å². The molecule has 0 saturated carbocycles. The summed E-state index contributed by atoms with van der Waals surface area (Å²) in [5.74, 6) is 0.0787. The van der Waals surface area contributed by atoms with Crippen LogP contribution in [0.5, 0.6) is 0 Å². The molecule has 0 aromatic carbocycles. The number of hydrogen-bond donors (Lipinski definition) is 0. The number of carbonyl (C=O) groups excluding carboxylic acids is 1. The van der Waals surface area contributed by atoms with E-state index in [2.05, 4.69) is 56.1 Å². The second-order valence-corrected chi connectivity index (χ2v) is 12.7. The SMILES string of the molecule is C=C/C(CN1C(CC2=CC=CC(C(=C)/C=N\N(C)CCC)C2)=NCC2C(=O)N(CC)C3=NC(C(C)CC)CN3C21)=C(F)\C=C(/C)F. The van der Waals surface area contributed by atoms with Gasteiger partial charge in [-0.25, -0.2) is 13.8 Å². The average Bonchev–Trinajstić information content (AvgIpc) is 3.47. The Morgan fingerprint density at radius 1 is 1.28 bits per heavy atom. The molecule has 46 heavy (non-hydrogen) atoms. The van der Waals surface area contributed by atoms with E-state index in [1.165, 1.54) is 13.0 Å². The van der Waals surface area contributed by atoms with Crippen LogP contribution in [-0.4, -0.2) is 95.6 Å². The van der Waals surface area contributed by atoms with Crippen molar-refractivity contribution in [1.82, 2.24) is 19.7 Å². The van der Waals surface area contributed by atoms with E-state index in [0.29, 0.717) is 37.9 Å². The van der Waals surface area contributed by atoms with Crippen molar-refractivity contribution in [2.75, 3.05) is 39.8 Å². The Balaban J connectivity index is 1.68. The summed E-state index contributed by atoms with van der Waals surface area (Å²) >= 11 is 0. The van der Waals surface area contributed by atoms with Gasteiger partial charge in [-0.15, -0.1) is 0 Å². The summed E-state index contributed by atoms with van der Waals surface area (Å²) in [6.07, 6.45) is 13.3. The molecule has 5 unspecified atom stereocenters. The maximum absolute atomic E-state index is 15.3. The van der Waals surface area contributed by atoms with Crippen LogP contribution in [0.1, 0.15) is 60.3 Å². The lowest BCUT2D eigenvalue weighted by atomic mass is 9.87. The molecular formula is C36H51F2N7O. The van der Waals surface area contributed by atoms with Crippen molar-refractivity contribution in [2.45, 2.75) is 72.5 Å². The molecule has 0 radical (unpaired) electrons. The van der Waals surface area contributed by atoms with Gasteiger partial charge >= 0.3 is 0 Å². The predicted molar refractivity (Wildman–Crippen MR) is 185 cm³/mol. The number of rotatable bonds is 14. The van der Waals surface area contributed by atoms with E-state index in [1.54, 1.807) is 4.90 Å². The molecule has 10 heteroatoms. The van der Waals surface area contributed by atoms with Crippen molar-refractivity contribution in [3.8, 4) is 0 Å². The number of amides is 1. The molecular weight excluding hydrogens is 584 g/mol. The zero-order valence-electron chi connectivity index (χ0n) is 28.4. The highest BCUT2D eigenvalue weighted by Crippen LogP contribution is 2.37. The minimum Gasteiger partial charge on any atom is -0.334 e. The first-order valence-electron chi connectivity index (χ1n) is 16.6. The highest BCUT2D eigenvalue weighted by Gasteiger charge is 2.52. The molecule has 0 aromatic rings. The lowest BCUT2D eigenvalue weighted by molar-refractivity contribution is -0.139. The van der Waals surface area contributed by atoms with Crippen molar-refractivity contribution in [2.24, 2.45) is 32.8 Å². The Kier molecular flexibility index (Phi) is 11.9. The van der Waals surface area contributed by atoms with Crippen molar-refractivity contribution < 1.29 is 13.6 Å². The molecule has 1 saturated heterocycles. The van der Waals surface area contributed by atoms with Crippen molar-refractivity contribution in [1.29, 1.82) is 0 Å². The molecule has 1 amide bonds. The maximum Gasteiger partial charge on any atom is 0.238 e. The summed E-state index contributed by atoms with van der Waals surface area (Å²) in [5, 5.41) is 6.44. The van der Waals surface area contributed by atoms with E-state index in [4.69, 9.17) is 9.98 Å². The van der Waals surface area contributed by atoms with Gasteiger partial charge in [-0.2, -0.15) is 5.10 Å². The van der Waals surface area contributed by atoms with Crippen molar-refractivity contribution >= 4 is 23.9 Å². The van der Waals surface area contributed by atoms with Crippen LogP contribution >= 0.6 is 0 Å². The fourth-order valence-corrected chi connectivity index (χ4v) is 6.54. The second-order valence-electron chi connectivity index (χ2n) is 12.7. The number of aliphatic imine (C=N–C) groups is 2. The topological polar surface area (TPSA) is 67.1 Å². The largest absolute Gasteiger partial charge is 0.334 e. The minimum absolute atomic E-state index is 0.0206. The average molecular weight is 636 g/mol. The number of hydrazone groups is 1. The summed E-state index contributed by atoms with van der Waals surface area (Å²) < 4.78 is 29.1. The molecule has 0 bridgehead atoms. The summed E-state index contributed by atoms with van der Waals surface area (Å²) in [5.41, 5.74) is 2.31. The number of guanidine groups is 1. The van der Waals surface area contributed by atoms with E-state index in [1.807, 2.05) is 36.2 Å². The minimum atomic E-state index is -0.690. The summed E-state index contributed by atoms with van der Waals surface area (Å²) in [7, 11) is 1.95. The van der Waals surface area contributed by atoms with E-state index in [0.717, 1.165) is 48.9 Å². The molecule has 3 heterocycles. The molecule has 5 atom stereocenters. The second kappa shape index (κ2) is 15.6. The van der Waals surface area contributed by atoms with Crippen LogP contribution in [0.25, 0.3) is 0 Å². The smallest absolute Gasteiger partial charge is 0.238 e. The number of hydrogen-bond acceptors (Lipinski definition) is 7. The number of allylic oxidation sites excluding steroid dienone is 7. The standard InChI is InChI=1S/C36H51F2N7O/c1-9-16-42(8)40-20-25(6)29-15-13-14-27(18-29)19-33-39-21-30-34(44(33)22-28(11-3)31(38)17-26(7)37)45-23-32(24(5)10-2)41-36(45)43(12-4)35(30)46/h11,13-15,17,20,24,29-30,32,34H,3,6,9-10,12,16,18-19,21-23H2,1-2,4-5,7-8H3/b26-17+,31-28-,40-20-. The highest BCUT2D eigenvalue weighted by atomic mass is 19.1. The van der Waals surface area contributed by atoms with Gasteiger partial charge in [0.05, 0.1) is 30.5 Å². The monoisotopic (exact) mass is 635 g/mol. The zero-order chi connectivity index (χ0) is 33.5. The molecule has 1 aliphatic carbocycles. The van der Waals surface area contributed by atoms with Gasteiger partial charge in [0.2, 0.25) is 11.9 Å². The molecule has 3 aliphatic heterocycles. The van der Waals surface area contributed by atoms with Crippen LogP contribution in [0.2, 0.25) is 0 Å². The lowest BCUT2D eigenvalue weighted by Gasteiger charge is -2.52. The van der Waals surface area contributed by atoms with Crippen LogP contribution in [0.4, 0.5) is 8.78 Å². The number of amidine groups is 1. The van der Waals surface area contributed by atoms with Crippen molar-refractivity contribution in [3.63, 3.8) is 0 Å². The first kappa shape index (κ1) is 35.0. The Labute approximate surface area is 274 Å². The molecule has 4 aliphatic rings. The fourth-order valence-electron chi connectivity index (χ4n) is 6.54. The van der Waals surface area contributed by atoms with Gasteiger partial charge in [0.25, 0.3) is 0 Å². The molecule has 4 rings (SSSR count). The van der Waals surface area contributed by atoms with Crippen molar-refractivity contribution in [3.05, 3.63) is 71.9 Å². The number of halogens is 2. The van der Waals surface area contributed by atoms with E-state index >= 15 is 4.39 Å². The Morgan fingerprint density at radius 3 is 2.70 bits per heavy atom. The third-order valence-electron chi connectivity index (χ3n) is 9.37. The molecule has 250 valence electrons. The zero-order valence-corrected chi connectivity index (χ0v) is 28.4. The molecule has 0 N–H and O–H groups in total. The number of fused-ring (bicyclic) bond motifs is 3.